The Balaban J connectivity index is 1.97. The zero-order chi connectivity index (χ0) is 10.8. The average molecular weight is 289 g/mol. The van der Waals surface area contributed by atoms with E-state index in [2.05, 4.69) is 15.9 Å². The molecule has 1 aromatic rings. The number of carbonyl (C=O) groups is 1. The van der Waals surface area contributed by atoms with Crippen LogP contribution in [0.3, 0.4) is 0 Å². The molecule has 0 aliphatic carbocycles. The fourth-order valence-corrected chi connectivity index (χ4v) is 3.40. The van der Waals surface area contributed by atoms with Crippen LogP contribution in [0.1, 0.15) is 18.2 Å². The van der Waals surface area contributed by atoms with E-state index >= 15 is 0 Å². The van der Waals surface area contributed by atoms with Gasteiger partial charge in [-0.3, -0.25) is 4.79 Å². The quantitative estimate of drug-likeness (QED) is 0.855. The predicted molar refractivity (Wildman–Crippen MR) is 64.3 cm³/mol. The number of Topliss-reactive ketones (excluding diaryl/α,β-unsaturated/α-hetero) is 1. The lowest BCUT2D eigenvalue weighted by molar-refractivity contribution is -0.123. The van der Waals surface area contributed by atoms with Crippen molar-refractivity contribution in [3.8, 4) is 0 Å². The Kier molecular flexibility index (Phi) is 3.59. The molecule has 0 aromatic carbocycles. The maximum absolute atomic E-state index is 11.9. The number of ketones is 1. The van der Waals surface area contributed by atoms with E-state index in [-0.39, 0.29) is 12.0 Å². The number of carbonyl (C=O) groups excluding carboxylic acids is 1. The molecule has 2 unspecified atom stereocenters. The summed E-state index contributed by atoms with van der Waals surface area (Å²) in [6, 6.07) is 4.00. The van der Waals surface area contributed by atoms with E-state index in [9.17, 15) is 4.79 Å². The first-order chi connectivity index (χ1) is 7.16. The first kappa shape index (κ1) is 11.3. The molecule has 4 heteroatoms. The summed E-state index contributed by atoms with van der Waals surface area (Å²) in [6.45, 7) is 2.71. The Labute approximate surface area is 102 Å². The van der Waals surface area contributed by atoms with Gasteiger partial charge in [0.25, 0.3) is 0 Å². The van der Waals surface area contributed by atoms with E-state index < -0.39 is 0 Å². The van der Waals surface area contributed by atoms with Crippen LogP contribution < -0.4 is 0 Å². The third-order valence-electron chi connectivity index (χ3n) is 2.77. The van der Waals surface area contributed by atoms with Gasteiger partial charge < -0.3 is 4.74 Å². The molecule has 0 saturated carbocycles. The van der Waals surface area contributed by atoms with Crippen LogP contribution in [0.2, 0.25) is 0 Å². The molecule has 15 heavy (non-hydrogen) atoms. The molecule has 2 rings (SSSR count). The van der Waals surface area contributed by atoms with Crippen molar-refractivity contribution in [3.63, 3.8) is 0 Å². The minimum Gasteiger partial charge on any atom is -0.378 e. The maximum Gasteiger partial charge on any atom is 0.143 e. The fraction of sp³-hybridized carbons (Fsp3) is 0.545. The minimum absolute atomic E-state index is 0.0981. The Morgan fingerprint density at radius 2 is 2.47 bits per heavy atom. The number of ether oxygens (including phenoxy) is 1. The largest absolute Gasteiger partial charge is 0.378 e. The predicted octanol–water partition coefficient (Wildman–Crippen LogP) is 3.05. The van der Waals surface area contributed by atoms with Crippen LogP contribution in [0.15, 0.2) is 15.9 Å². The number of hydrogen-bond acceptors (Lipinski definition) is 3. The van der Waals surface area contributed by atoms with Gasteiger partial charge in [-0.15, -0.1) is 11.3 Å². The number of halogens is 1. The summed E-state index contributed by atoms with van der Waals surface area (Å²) >= 11 is 5.03. The fourth-order valence-electron chi connectivity index (χ4n) is 1.90. The van der Waals surface area contributed by atoms with Gasteiger partial charge in [0.1, 0.15) is 5.78 Å². The Morgan fingerprint density at radius 1 is 1.67 bits per heavy atom. The highest BCUT2D eigenvalue weighted by molar-refractivity contribution is 9.11. The third-order valence-corrected chi connectivity index (χ3v) is 4.39. The van der Waals surface area contributed by atoms with Gasteiger partial charge in [0.15, 0.2) is 0 Å². The van der Waals surface area contributed by atoms with E-state index in [4.69, 9.17) is 4.74 Å². The molecular weight excluding hydrogens is 276 g/mol. The van der Waals surface area contributed by atoms with Crippen LogP contribution in [-0.4, -0.2) is 18.5 Å². The molecule has 2 atom stereocenters. The summed E-state index contributed by atoms with van der Waals surface area (Å²) in [5.74, 6) is 0.417. The molecule has 82 valence electrons. The lowest BCUT2D eigenvalue weighted by Gasteiger charge is -2.11. The summed E-state index contributed by atoms with van der Waals surface area (Å²) in [6.07, 6.45) is 1.53. The summed E-state index contributed by atoms with van der Waals surface area (Å²) < 4.78 is 6.49. The van der Waals surface area contributed by atoms with Crippen molar-refractivity contribution in [2.24, 2.45) is 5.92 Å². The van der Waals surface area contributed by atoms with Crippen LogP contribution in [0.4, 0.5) is 0 Å². The highest BCUT2D eigenvalue weighted by atomic mass is 79.9. The lowest BCUT2D eigenvalue weighted by Crippen LogP contribution is -2.22. The Morgan fingerprint density at radius 3 is 3.00 bits per heavy atom. The summed E-state index contributed by atoms with van der Waals surface area (Å²) in [5, 5.41) is 0. The Hall–Kier alpha value is -0.190. The van der Waals surface area contributed by atoms with Crippen LogP contribution in [-0.2, 0) is 16.0 Å². The topological polar surface area (TPSA) is 26.3 Å². The molecule has 1 aliphatic heterocycles. The smallest absolute Gasteiger partial charge is 0.143 e. The SMILES string of the molecule is CC1OCCC1C(=O)Cc1ccc(Br)s1. The summed E-state index contributed by atoms with van der Waals surface area (Å²) in [5.41, 5.74) is 0. The van der Waals surface area contributed by atoms with Crippen molar-refractivity contribution in [2.75, 3.05) is 6.61 Å². The molecule has 2 heterocycles. The molecule has 0 spiro atoms. The zero-order valence-electron chi connectivity index (χ0n) is 8.53. The van der Waals surface area contributed by atoms with Crippen molar-refractivity contribution in [1.29, 1.82) is 0 Å². The monoisotopic (exact) mass is 288 g/mol. The van der Waals surface area contributed by atoms with E-state index in [1.165, 1.54) is 0 Å². The molecule has 1 saturated heterocycles. The number of thiophene rings is 1. The van der Waals surface area contributed by atoms with Gasteiger partial charge in [-0.2, -0.15) is 0 Å². The van der Waals surface area contributed by atoms with Crippen LogP contribution in [0, 0.1) is 5.92 Å². The second-order valence-electron chi connectivity index (χ2n) is 3.82. The molecule has 0 amide bonds. The first-order valence-electron chi connectivity index (χ1n) is 5.05. The van der Waals surface area contributed by atoms with Crippen molar-refractivity contribution >= 4 is 33.0 Å². The zero-order valence-corrected chi connectivity index (χ0v) is 10.9. The maximum atomic E-state index is 11.9. The highest BCUT2D eigenvalue weighted by Gasteiger charge is 2.30. The molecule has 1 fully saturated rings. The van der Waals surface area contributed by atoms with Gasteiger partial charge in [0.2, 0.25) is 0 Å². The van der Waals surface area contributed by atoms with Crippen molar-refractivity contribution in [3.05, 3.63) is 20.8 Å². The number of hydrogen-bond donors (Lipinski definition) is 0. The summed E-state index contributed by atoms with van der Waals surface area (Å²) in [7, 11) is 0. The van der Waals surface area contributed by atoms with E-state index in [0.717, 1.165) is 21.7 Å². The van der Waals surface area contributed by atoms with Gasteiger partial charge in [-0.1, -0.05) is 0 Å². The highest BCUT2D eigenvalue weighted by Crippen LogP contribution is 2.26. The molecule has 2 nitrogen and oxygen atoms in total. The van der Waals surface area contributed by atoms with Crippen LogP contribution in [0.25, 0.3) is 0 Å². The third kappa shape index (κ3) is 2.68. The first-order valence-corrected chi connectivity index (χ1v) is 6.66. The van der Waals surface area contributed by atoms with Crippen LogP contribution in [0.5, 0.6) is 0 Å². The van der Waals surface area contributed by atoms with Gasteiger partial charge >= 0.3 is 0 Å². The molecule has 0 radical (unpaired) electrons. The second kappa shape index (κ2) is 4.76. The lowest BCUT2D eigenvalue weighted by atomic mass is 9.95. The number of rotatable bonds is 3. The molecule has 0 bridgehead atoms. The van der Waals surface area contributed by atoms with Gasteiger partial charge in [0, 0.05) is 23.8 Å². The molecule has 0 N–H and O–H groups in total. The van der Waals surface area contributed by atoms with E-state index in [0.29, 0.717) is 12.2 Å². The van der Waals surface area contributed by atoms with Crippen molar-refractivity contribution in [1.82, 2.24) is 0 Å². The Bertz CT molecular complexity index is 361. The van der Waals surface area contributed by atoms with Crippen LogP contribution >= 0.6 is 27.3 Å². The van der Waals surface area contributed by atoms with Gasteiger partial charge in [-0.25, -0.2) is 0 Å². The molecule has 1 aromatic heterocycles. The van der Waals surface area contributed by atoms with Crippen molar-refractivity contribution in [2.45, 2.75) is 25.9 Å². The van der Waals surface area contributed by atoms with E-state index in [1.54, 1.807) is 11.3 Å². The normalized spacial score (nSPS) is 25.7. The second-order valence-corrected chi connectivity index (χ2v) is 6.37. The van der Waals surface area contributed by atoms with Gasteiger partial charge in [-0.05, 0) is 41.4 Å². The summed E-state index contributed by atoms with van der Waals surface area (Å²) in [4.78, 5) is 13.1. The minimum atomic E-state index is 0.0981. The standard InChI is InChI=1S/C11H13BrO2S/c1-7-9(4-5-14-7)10(13)6-8-2-3-11(12)15-8/h2-3,7,9H,4-6H2,1H3. The molecular formula is C11H13BrO2S. The average Bonchev–Trinajstić information content (AvgIpc) is 2.75. The molecule has 1 aliphatic rings. The van der Waals surface area contributed by atoms with Gasteiger partial charge in [0.05, 0.1) is 9.89 Å². The van der Waals surface area contributed by atoms with Crippen molar-refractivity contribution < 1.29 is 9.53 Å². The van der Waals surface area contributed by atoms with E-state index in [1.807, 2.05) is 19.1 Å².